The van der Waals surface area contributed by atoms with Crippen molar-refractivity contribution in [1.29, 1.82) is 0 Å². The molecule has 1 amide bonds. The van der Waals surface area contributed by atoms with Gasteiger partial charge in [0.1, 0.15) is 16.3 Å². The summed E-state index contributed by atoms with van der Waals surface area (Å²) in [6.07, 6.45) is 0.0446. The standard InChI is InChI=1S/C21H20Cl2N2O4S/c1-3-29-19(27)11-10-18(26)25(13-4-6-14(28-2)7-5-13)12-17-24-21-16(30-17)9-8-15(22)20(21)23/h4-9H,3,10-12H2,1-2H3. The SMILES string of the molecule is CCOC(=O)CCC(=O)N(Cc1nc2c(Cl)c(Cl)ccc2s1)c1ccc(OC)cc1. The Morgan fingerprint density at radius 3 is 2.50 bits per heavy atom. The van der Waals surface area contributed by atoms with Crippen LogP contribution in [-0.2, 0) is 20.9 Å². The molecule has 1 aromatic heterocycles. The number of amides is 1. The predicted octanol–water partition coefficient (Wildman–Crippen LogP) is 5.49. The van der Waals surface area contributed by atoms with E-state index in [1.54, 1.807) is 49.3 Å². The maximum Gasteiger partial charge on any atom is 0.306 e. The first-order chi connectivity index (χ1) is 14.4. The molecule has 0 saturated heterocycles. The number of esters is 1. The van der Waals surface area contributed by atoms with Crippen LogP contribution in [0.1, 0.15) is 24.8 Å². The summed E-state index contributed by atoms with van der Waals surface area (Å²) in [5, 5.41) is 1.52. The van der Waals surface area contributed by atoms with Gasteiger partial charge >= 0.3 is 5.97 Å². The Balaban J connectivity index is 1.87. The van der Waals surface area contributed by atoms with Crippen LogP contribution in [0.3, 0.4) is 0 Å². The number of benzene rings is 2. The van der Waals surface area contributed by atoms with E-state index in [1.807, 2.05) is 6.07 Å². The molecule has 0 unspecified atom stereocenters. The normalized spacial score (nSPS) is 10.8. The van der Waals surface area contributed by atoms with Crippen molar-refractivity contribution in [1.82, 2.24) is 4.98 Å². The van der Waals surface area contributed by atoms with Crippen LogP contribution in [0.4, 0.5) is 5.69 Å². The van der Waals surface area contributed by atoms with Crippen molar-refractivity contribution in [3.8, 4) is 5.75 Å². The van der Waals surface area contributed by atoms with E-state index in [1.165, 1.54) is 11.3 Å². The highest BCUT2D eigenvalue weighted by molar-refractivity contribution is 7.18. The van der Waals surface area contributed by atoms with Gasteiger partial charge in [-0.25, -0.2) is 4.98 Å². The number of rotatable bonds is 8. The Morgan fingerprint density at radius 1 is 1.10 bits per heavy atom. The summed E-state index contributed by atoms with van der Waals surface area (Å²) in [7, 11) is 1.58. The lowest BCUT2D eigenvalue weighted by atomic mass is 10.2. The van der Waals surface area contributed by atoms with Crippen LogP contribution in [0.5, 0.6) is 5.75 Å². The summed E-state index contributed by atoms with van der Waals surface area (Å²) in [5.74, 6) is 0.0673. The topological polar surface area (TPSA) is 68.7 Å². The highest BCUT2D eigenvalue weighted by Crippen LogP contribution is 2.34. The fourth-order valence-electron chi connectivity index (χ4n) is 2.85. The Bertz CT molecular complexity index is 1050. The number of ether oxygens (including phenoxy) is 2. The van der Waals surface area contributed by atoms with E-state index in [0.29, 0.717) is 32.0 Å². The summed E-state index contributed by atoms with van der Waals surface area (Å²) < 4.78 is 11.0. The molecule has 0 N–H and O–H groups in total. The van der Waals surface area contributed by atoms with Crippen LogP contribution in [0.15, 0.2) is 36.4 Å². The molecule has 0 bridgehead atoms. The lowest BCUT2D eigenvalue weighted by Gasteiger charge is -2.22. The molecule has 0 saturated carbocycles. The first-order valence-electron chi connectivity index (χ1n) is 9.26. The van der Waals surface area contributed by atoms with E-state index in [2.05, 4.69) is 4.98 Å². The van der Waals surface area contributed by atoms with Gasteiger partial charge in [0.2, 0.25) is 5.91 Å². The molecule has 0 aliphatic rings. The van der Waals surface area contributed by atoms with Gasteiger partial charge < -0.3 is 14.4 Å². The molecule has 158 valence electrons. The fourth-order valence-corrected chi connectivity index (χ4v) is 4.23. The monoisotopic (exact) mass is 466 g/mol. The zero-order chi connectivity index (χ0) is 21.7. The van der Waals surface area contributed by atoms with Crippen molar-refractivity contribution in [2.75, 3.05) is 18.6 Å². The van der Waals surface area contributed by atoms with Gasteiger partial charge in [0.15, 0.2) is 0 Å². The van der Waals surface area contributed by atoms with Crippen LogP contribution in [0.2, 0.25) is 10.0 Å². The minimum absolute atomic E-state index is 0.0145. The van der Waals surface area contributed by atoms with Gasteiger partial charge in [-0.05, 0) is 43.3 Å². The smallest absolute Gasteiger partial charge is 0.306 e. The van der Waals surface area contributed by atoms with Crippen molar-refractivity contribution in [2.45, 2.75) is 26.3 Å². The zero-order valence-electron chi connectivity index (χ0n) is 16.5. The number of carbonyl (C=O) groups is 2. The minimum atomic E-state index is -0.401. The molecule has 0 fully saturated rings. The molecule has 0 aliphatic heterocycles. The molecule has 3 rings (SSSR count). The number of fused-ring (bicyclic) bond motifs is 1. The number of anilines is 1. The van der Waals surface area contributed by atoms with Gasteiger partial charge in [-0.15, -0.1) is 11.3 Å². The van der Waals surface area contributed by atoms with E-state index in [4.69, 9.17) is 32.7 Å². The first-order valence-corrected chi connectivity index (χ1v) is 10.8. The highest BCUT2D eigenvalue weighted by Gasteiger charge is 2.20. The molecular weight excluding hydrogens is 447 g/mol. The van der Waals surface area contributed by atoms with Crippen molar-refractivity contribution in [2.24, 2.45) is 0 Å². The molecular formula is C21H20Cl2N2O4S. The van der Waals surface area contributed by atoms with Crippen LogP contribution >= 0.6 is 34.5 Å². The second-order valence-electron chi connectivity index (χ2n) is 6.30. The molecule has 0 radical (unpaired) electrons. The van der Waals surface area contributed by atoms with Crippen molar-refractivity contribution >= 4 is 62.3 Å². The number of hydrogen-bond acceptors (Lipinski definition) is 6. The van der Waals surface area contributed by atoms with Gasteiger partial charge in [-0.1, -0.05) is 23.2 Å². The molecule has 6 nitrogen and oxygen atoms in total. The van der Waals surface area contributed by atoms with Crippen molar-refractivity contribution in [3.05, 3.63) is 51.5 Å². The first kappa shape index (κ1) is 22.3. The van der Waals surface area contributed by atoms with E-state index in [9.17, 15) is 9.59 Å². The van der Waals surface area contributed by atoms with E-state index in [0.717, 1.165) is 4.70 Å². The zero-order valence-corrected chi connectivity index (χ0v) is 18.8. The van der Waals surface area contributed by atoms with Crippen LogP contribution in [0.25, 0.3) is 10.2 Å². The third kappa shape index (κ3) is 5.22. The van der Waals surface area contributed by atoms with Crippen LogP contribution < -0.4 is 9.64 Å². The summed E-state index contributed by atoms with van der Waals surface area (Å²) in [4.78, 5) is 30.8. The molecule has 3 aromatic rings. The van der Waals surface area contributed by atoms with Crippen molar-refractivity contribution < 1.29 is 19.1 Å². The van der Waals surface area contributed by atoms with Crippen molar-refractivity contribution in [3.63, 3.8) is 0 Å². The number of nitrogens with zero attached hydrogens (tertiary/aromatic N) is 2. The summed E-state index contributed by atoms with van der Waals surface area (Å²) in [5.41, 5.74) is 1.28. The quantitative estimate of drug-likeness (QED) is 0.410. The molecule has 30 heavy (non-hydrogen) atoms. The molecule has 2 aromatic carbocycles. The number of thiazole rings is 1. The molecule has 9 heteroatoms. The summed E-state index contributed by atoms with van der Waals surface area (Å²) in [6.45, 7) is 2.25. The maximum absolute atomic E-state index is 13.0. The number of methoxy groups -OCH3 is 1. The van der Waals surface area contributed by atoms with Gasteiger partial charge in [0, 0.05) is 12.1 Å². The summed E-state index contributed by atoms with van der Waals surface area (Å²) >= 11 is 13.8. The molecule has 1 heterocycles. The molecule has 0 atom stereocenters. The average Bonchev–Trinajstić information content (AvgIpc) is 3.17. The van der Waals surface area contributed by atoms with Gasteiger partial charge in [0.25, 0.3) is 0 Å². The largest absolute Gasteiger partial charge is 0.497 e. The van der Waals surface area contributed by atoms with E-state index in [-0.39, 0.29) is 31.9 Å². The second-order valence-corrected chi connectivity index (χ2v) is 8.20. The Kier molecular flexibility index (Phi) is 7.53. The third-order valence-electron chi connectivity index (χ3n) is 4.32. The molecule has 0 aliphatic carbocycles. The second kappa shape index (κ2) is 10.1. The van der Waals surface area contributed by atoms with Gasteiger partial charge in [-0.3, -0.25) is 9.59 Å². The number of halogens is 2. The average molecular weight is 467 g/mol. The molecule has 0 spiro atoms. The Labute approximate surface area is 188 Å². The van der Waals surface area contributed by atoms with E-state index >= 15 is 0 Å². The fraction of sp³-hybridized carbons (Fsp3) is 0.286. The number of carbonyl (C=O) groups excluding carboxylic acids is 2. The van der Waals surface area contributed by atoms with Gasteiger partial charge in [0.05, 0.1) is 41.4 Å². The summed E-state index contributed by atoms with van der Waals surface area (Å²) in [6, 6.07) is 10.7. The van der Waals surface area contributed by atoms with E-state index < -0.39 is 5.97 Å². The lowest BCUT2D eigenvalue weighted by Crippen LogP contribution is -2.30. The van der Waals surface area contributed by atoms with Crippen LogP contribution in [-0.4, -0.2) is 30.6 Å². The Hall–Kier alpha value is -2.35. The van der Waals surface area contributed by atoms with Crippen LogP contribution in [0, 0.1) is 0 Å². The minimum Gasteiger partial charge on any atom is -0.497 e. The highest BCUT2D eigenvalue weighted by atomic mass is 35.5. The number of aromatic nitrogens is 1. The Morgan fingerprint density at radius 2 is 1.83 bits per heavy atom. The predicted molar refractivity (Wildman–Crippen MR) is 120 cm³/mol. The lowest BCUT2D eigenvalue weighted by molar-refractivity contribution is -0.144. The number of hydrogen-bond donors (Lipinski definition) is 0. The van der Waals surface area contributed by atoms with Gasteiger partial charge in [-0.2, -0.15) is 0 Å². The maximum atomic E-state index is 13.0. The third-order valence-corrected chi connectivity index (χ3v) is 6.12.